The van der Waals surface area contributed by atoms with Crippen molar-refractivity contribution in [2.45, 2.75) is 39.5 Å². The molecule has 0 heterocycles. The lowest BCUT2D eigenvalue weighted by Crippen LogP contribution is -2.36. The summed E-state index contributed by atoms with van der Waals surface area (Å²) < 4.78 is 6.77. The minimum absolute atomic E-state index is 0.152. The zero-order chi connectivity index (χ0) is 15.8. The number of hydrogen-bond acceptors (Lipinski definition) is 3. The summed E-state index contributed by atoms with van der Waals surface area (Å²) in [5.74, 6) is 0.563. The van der Waals surface area contributed by atoms with Gasteiger partial charge in [-0.25, -0.2) is 0 Å². The number of amides is 1. The van der Waals surface area contributed by atoms with E-state index in [0.29, 0.717) is 24.9 Å². The Morgan fingerprint density at radius 1 is 1.43 bits per heavy atom. The highest BCUT2D eigenvalue weighted by molar-refractivity contribution is 9.10. The molecule has 1 rings (SSSR count). The Morgan fingerprint density at radius 2 is 2.14 bits per heavy atom. The lowest BCUT2D eigenvalue weighted by atomic mass is 10.2. The molecule has 1 atom stereocenters. The van der Waals surface area contributed by atoms with Crippen molar-refractivity contribution in [2.24, 2.45) is 0 Å². The second-order valence-electron chi connectivity index (χ2n) is 5.08. The Kier molecular flexibility index (Phi) is 7.47. The van der Waals surface area contributed by atoms with Crippen molar-refractivity contribution in [3.05, 3.63) is 40.9 Å². The number of hydrogen-bond donors (Lipinski definition) is 2. The van der Waals surface area contributed by atoms with Gasteiger partial charge in [0.05, 0.1) is 0 Å². The lowest BCUT2D eigenvalue weighted by molar-refractivity contribution is -0.127. The largest absolute Gasteiger partial charge is 0.481 e. The van der Waals surface area contributed by atoms with Crippen LogP contribution in [-0.4, -0.2) is 24.6 Å². The molecule has 116 valence electrons. The standard InChI is InChI=1S/C16H23BrN2O2/c1-5-8-18-16(20)12(4)21-15-7-6-14(17)9-13(15)10-19-11(2)3/h5-7,9,11-12,19H,1,8,10H2,2-4H3,(H,18,20). The first kappa shape index (κ1) is 17.7. The Morgan fingerprint density at radius 3 is 2.76 bits per heavy atom. The Hall–Kier alpha value is -1.33. The molecule has 0 bridgehead atoms. The fraction of sp³-hybridized carbons (Fsp3) is 0.438. The third-order valence-electron chi connectivity index (χ3n) is 2.82. The minimum atomic E-state index is -0.552. The molecule has 1 aromatic carbocycles. The van der Waals surface area contributed by atoms with Crippen molar-refractivity contribution in [3.8, 4) is 5.75 Å². The summed E-state index contributed by atoms with van der Waals surface area (Å²) >= 11 is 3.46. The van der Waals surface area contributed by atoms with Crippen LogP contribution in [0.3, 0.4) is 0 Å². The Bertz CT molecular complexity index is 489. The van der Waals surface area contributed by atoms with Crippen molar-refractivity contribution in [1.29, 1.82) is 0 Å². The van der Waals surface area contributed by atoms with Gasteiger partial charge in [-0.2, -0.15) is 0 Å². The number of halogens is 1. The van der Waals surface area contributed by atoms with E-state index >= 15 is 0 Å². The molecule has 1 amide bonds. The van der Waals surface area contributed by atoms with Gasteiger partial charge in [0.15, 0.2) is 6.10 Å². The SMILES string of the molecule is C=CCNC(=O)C(C)Oc1ccc(Br)cc1CNC(C)C. The van der Waals surface area contributed by atoms with Gasteiger partial charge in [-0.05, 0) is 25.1 Å². The molecule has 5 heteroatoms. The summed E-state index contributed by atoms with van der Waals surface area (Å²) in [5, 5.41) is 6.08. The maximum absolute atomic E-state index is 11.8. The first-order valence-corrected chi connectivity index (χ1v) is 7.80. The van der Waals surface area contributed by atoms with Crippen molar-refractivity contribution in [2.75, 3.05) is 6.54 Å². The molecule has 0 aliphatic rings. The van der Waals surface area contributed by atoms with Gasteiger partial charge in [-0.1, -0.05) is 35.9 Å². The summed E-state index contributed by atoms with van der Waals surface area (Å²) in [4.78, 5) is 11.8. The van der Waals surface area contributed by atoms with E-state index in [1.54, 1.807) is 13.0 Å². The van der Waals surface area contributed by atoms with Gasteiger partial charge >= 0.3 is 0 Å². The number of ether oxygens (including phenoxy) is 1. The summed E-state index contributed by atoms with van der Waals surface area (Å²) in [6.45, 7) is 10.6. The summed E-state index contributed by atoms with van der Waals surface area (Å²) in [5.41, 5.74) is 1.02. The maximum Gasteiger partial charge on any atom is 0.261 e. The minimum Gasteiger partial charge on any atom is -0.481 e. The van der Waals surface area contributed by atoms with Crippen LogP contribution in [0.5, 0.6) is 5.75 Å². The molecule has 0 radical (unpaired) electrons. The van der Waals surface area contributed by atoms with E-state index < -0.39 is 6.10 Å². The summed E-state index contributed by atoms with van der Waals surface area (Å²) in [6, 6.07) is 6.16. The number of carbonyl (C=O) groups is 1. The average Bonchev–Trinajstić information content (AvgIpc) is 2.44. The van der Waals surface area contributed by atoms with Crippen LogP contribution in [-0.2, 0) is 11.3 Å². The van der Waals surface area contributed by atoms with Crippen molar-refractivity contribution in [3.63, 3.8) is 0 Å². The summed E-state index contributed by atoms with van der Waals surface area (Å²) in [7, 11) is 0. The first-order valence-electron chi connectivity index (χ1n) is 7.01. The smallest absolute Gasteiger partial charge is 0.261 e. The van der Waals surface area contributed by atoms with Crippen molar-refractivity contribution >= 4 is 21.8 Å². The van der Waals surface area contributed by atoms with Crippen LogP contribution in [0, 0.1) is 0 Å². The molecular weight excluding hydrogens is 332 g/mol. The molecule has 1 unspecified atom stereocenters. The number of nitrogens with one attached hydrogen (secondary N) is 2. The van der Waals surface area contributed by atoms with Crippen LogP contribution < -0.4 is 15.4 Å². The normalized spacial score (nSPS) is 12.0. The molecule has 0 saturated heterocycles. The molecule has 0 spiro atoms. The average molecular weight is 355 g/mol. The molecule has 0 saturated carbocycles. The fourth-order valence-corrected chi connectivity index (χ4v) is 2.08. The predicted molar refractivity (Wildman–Crippen MR) is 89.4 cm³/mol. The molecule has 0 aromatic heterocycles. The highest BCUT2D eigenvalue weighted by Crippen LogP contribution is 2.24. The van der Waals surface area contributed by atoms with Crippen LogP contribution in [0.1, 0.15) is 26.3 Å². The van der Waals surface area contributed by atoms with Crippen LogP contribution in [0.25, 0.3) is 0 Å². The van der Waals surface area contributed by atoms with Crippen molar-refractivity contribution in [1.82, 2.24) is 10.6 Å². The third kappa shape index (κ3) is 6.31. The lowest BCUT2D eigenvalue weighted by Gasteiger charge is -2.18. The van der Waals surface area contributed by atoms with Gasteiger partial charge in [0.1, 0.15) is 5.75 Å². The second-order valence-corrected chi connectivity index (χ2v) is 6.00. The van der Waals surface area contributed by atoms with Crippen LogP contribution in [0.4, 0.5) is 0 Å². The molecule has 0 aliphatic heterocycles. The van der Waals surface area contributed by atoms with Gasteiger partial charge in [0, 0.05) is 29.2 Å². The van der Waals surface area contributed by atoms with Gasteiger partial charge < -0.3 is 15.4 Å². The maximum atomic E-state index is 11.8. The van der Waals surface area contributed by atoms with E-state index in [1.807, 2.05) is 18.2 Å². The number of carbonyl (C=O) groups excluding carboxylic acids is 1. The van der Waals surface area contributed by atoms with E-state index in [4.69, 9.17) is 4.74 Å². The molecular formula is C16H23BrN2O2. The van der Waals surface area contributed by atoms with Gasteiger partial charge in [-0.3, -0.25) is 4.79 Å². The fourth-order valence-electron chi connectivity index (χ4n) is 1.68. The van der Waals surface area contributed by atoms with Crippen LogP contribution >= 0.6 is 15.9 Å². The van der Waals surface area contributed by atoms with E-state index in [2.05, 4.69) is 47.0 Å². The van der Waals surface area contributed by atoms with Gasteiger partial charge in [0.2, 0.25) is 0 Å². The van der Waals surface area contributed by atoms with E-state index in [-0.39, 0.29) is 5.91 Å². The molecule has 4 nitrogen and oxygen atoms in total. The topological polar surface area (TPSA) is 50.4 Å². The summed E-state index contributed by atoms with van der Waals surface area (Å²) in [6.07, 6.45) is 1.09. The Balaban J connectivity index is 2.76. The quantitative estimate of drug-likeness (QED) is 0.705. The monoisotopic (exact) mass is 354 g/mol. The third-order valence-corrected chi connectivity index (χ3v) is 3.31. The van der Waals surface area contributed by atoms with E-state index in [0.717, 1.165) is 10.0 Å². The van der Waals surface area contributed by atoms with E-state index in [1.165, 1.54) is 0 Å². The predicted octanol–water partition coefficient (Wildman–Crippen LogP) is 3.02. The zero-order valence-corrected chi connectivity index (χ0v) is 14.4. The van der Waals surface area contributed by atoms with Crippen molar-refractivity contribution < 1.29 is 9.53 Å². The zero-order valence-electron chi connectivity index (χ0n) is 12.8. The second kappa shape index (κ2) is 8.85. The van der Waals surface area contributed by atoms with Crippen LogP contribution in [0.2, 0.25) is 0 Å². The van der Waals surface area contributed by atoms with Gasteiger partial charge in [0.25, 0.3) is 5.91 Å². The molecule has 0 fully saturated rings. The number of rotatable bonds is 8. The first-order chi connectivity index (χ1) is 9.93. The Labute approximate surface area is 135 Å². The molecule has 21 heavy (non-hydrogen) atoms. The highest BCUT2D eigenvalue weighted by Gasteiger charge is 2.15. The molecule has 0 aliphatic carbocycles. The highest BCUT2D eigenvalue weighted by atomic mass is 79.9. The molecule has 2 N–H and O–H groups in total. The van der Waals surface area contributed by atoms with Crippen LogP contribution in [0.15, 0.2) is 35.3 Å². The molecule has 1 aromatic rings. The van der Waals surface area contributed by atoms with E-state index in [9.17, 15) is 4.79 Å². The van der Waals surface area contributed by atoms with Gasteiger partial charge in [-0.15, -0.1) is 6.58 Å². The number of benzene rings is 1.